The number of hydrogen-bond donors (Lipinski definition) is 1. The van der Waals surface area contributed by atoms with E-state index in [-0.39, 0.29) is 18.2 Å². The predicted octanol–water partition coefficient (Wildman–Crippen LogP) is 5.63. The van der Waals surface area contributed by atoms with Gasteiger partial charge in [0.15, 0.2) is 16.7 Å². The Hall–Kier alpha value is -4.77. The molecule has 44 heavy (non-hydrogen) atoms. The van der Waals surface area contributed by atoms with E-state index in [2.05, 4.69) is 15.3 Å². The van der Waals surface area contributed by atoms with E-state index in [0.29, 0.717) is 39.4 Å². The highest BCUT2D eigenvalue weighted by Crippen LogP contribution is 2.35. The van der Waals surface area contributed by atoms with Crippen LogP contribution in [0.4, 0.5) is 5.69 Å². The molecule has 1 aromatic heterocycles. The van der Waals surface area contributed by atoms with Crippen molar-refractivity contribution in [3.63, 3.8) is 0 Å². The van der Waals surface area contributed by atoms with Gasteiger partial charge < -0.3 is 29.2 Å². The van der Waals surface area contributed by atoms with Crippen LogP contribution < -0.4 is 24.3 Å². The van der Waals surface area contributed by atoms with Crippen LogP contribution in [-0.2, 0) is 16.1 Å². The number of carbonyl (C=O) groups excluding carboxylic acids is 2. The van der Waals surface area contributed by atoms with Crippen molar-refractivity contribution in [1.29, 1.82) is 0 Å². The molecule has 11 heteroatoms. The van der Waals surface area contributed by atoms with Crippen molar-refractivity contribution in [2.45, 2.75) is 31.6 Å². The molecule has 1 unspecified atom stereocenters. The number of nitrogens with zero attached hydrogens (tertiary/aromatic N) is 3. The molecular formula is C33H36N4O6S. The zero-order chi connectivity index (χ0) is 31.6. The molecule has 2 amide bonds. The Labute approximate surface area is 261 Å². The maximum Gasteiger partial charge on any atom is 0.251 e. The number of methoxy groups -OCH3 is 4. The molecule has 1 atom stereocenters. The van der Waals surface area contributed by atoms with Crippen LogP contribution in [0.3, 0.4) is 0 Å². The first-order valence-electron chi connectivity index (χ1n) is 13.8. The minimum atomic E-state index is -1.06. The molecule has 230 valence electrons. The van der Waals surface area contributed by atoms with Gasteiger partial charge in [-0.2, -0.15) is 0 Å². The number of ether oxygens (including phenoxy) is 4. The number of aryl methyl sites for hydroxylation is 2. The Balaban J connectivity index is 1.78. The zero-order valence-corrected chi connectivity index (χ0v) is 26.4. The van der Waals surface area contributed by atoms with E-state index < -0.39 is 11.9 Å². The van der Waals surface area contributed by atoms with Gasteiger partial charge in [-0.3, -0.25) is 9.59 Å². The normalized spacial score (nSPS) is 11.3. The van der Waals surface area contributed by atoms with Gasteiger partial charge in [0.2, 0.25) is 5.91 Å². The Bertz CT molecular complexity index is 1580. The highest BCUT2D eigenvalue weighted by Gasteiger charge is 2.33. The van der Waals surface area contributed by atoms with E-state index >= 15 is 0 Å². The molecule has 0 aliphatic heterocycles. The van der Waals surface area contributed by atoms with E-state index in [1.807, 2.05) is 50.2 Å². The molecule has 0 saturated heterocycles. The molecule has 0 saturated carbocycles. The van der Waals surface area contributed by atoms with Crippen LogP contribution in [0, 0.1) is 13.8 Å². The number of amides is 2. The van der Waals surface area contributed by atoms with Crippen LogP contribution >= 0.6 is 11.8 Å². The lowest BCUT2D eigenvalue weighted by Crippen LogP contribution is -2.42. The Kier molecular flexibility index (Phi) is 11.0. The lowest BCUT2D eigenvalue weighted by molar-refractivity contribution is -0.137. The van der Waals surface area contributed by atoms with Crippen molar-refractivity contribution in [2.75, 3.05) is 39.5 Å². The Morgan fingerprint density at radius 1 is 0.795 bits per heavy atom. The number of hydrogen-bond acceptors (Lipinski definition) is 9. The molecule has 4 aromatic rings. The smallest absolute Gasteiger partial charge is 0.251 e. The third-order valence-electron chi connectivity index (χ3n) is 6.75. The Morgan fingerprint density at radius 3 is 2.11 bits per heavy atom. The average Bonchev–Trinajstić information content (AvgIpc) is 3.03. The third kappa shape index (κ3) is 7.99. The van der Waals surface area contributed by atoms with Gasteiger partial charge in [0.1, 0.15) is 17.5 Å². The largest absolute Gasteiger partial charge is 0.497 e. The molecule has 0 aliphatic rings. The predicted molar refractivity (Wildman–Crippen MR) is 170 cm³/mol. The number of nitrogens with one attached hydrogen (secondary N) is 1. The summed E-state index contributed by atoms with van der Waals surface area (Å²) in [5.74, 6) is 1.19. The van der Waals surface area contributed by atoms with Gasteiger partial charge in [0.05, 0.1) is 39.9 Å². The van der Waals surface area contributed by atoms with Crippen molar-refractivity contribution in [2.24, 2.45) is 0 Å². The molecule has 0 aliphatic carbocycles. The molecular weight excluding hydrogens is 580 g/mol. The SMILES string of the molecule is COc1ccc(NC(=O)C(c2ccc(OC)c(OC)c2)N(Cc2ccccc2)C(=O)CSc2nc(C)cc(C)n2)c(OC)c1. The number of aromatic nitrogens is 2. The van der Waals surface area contributed by atoms with Gasteiger partial charge in [-0.25, -0.2) is 9.97 Å². The molecule has 1 heterocycles. The fourth-order valence-electron chi connectivity index (χ4n) is 4.67. The minimum Gasteiger partial charge on any atom is -0.497 e. The number of benzene rings is 3. The van der Waals surface area contributed by atoms with Crippen LogP contribution in [-0.4, -0.2) is 60.9 Å². The first kappa shape index (κ1) is 32.2. The maximum absolute atomic E-state index is 14.3. The topological polar surface area (TPSA) is 112 Å². The summed E-state index contributed by atoms with van der Waals surface area (Å²) >= 11 is 1.22. The van der Waals surface area contributed by atoms with E-state index in [9.17, 15) is 9.59 Å². The Morgan fingerprint density at radius 2 is 1.48 bits per heavy atom. The molecule has 0 bridgehead atoms. The number of rotatable bonds is 13. The van der Waals surface area contributed by atoms with Crippen LogP contribution in [0.25, 0.3) is 0 Å². The summed E-state index contributed by atoms with van der Waals surface area (Å²) in [5, 5.41) is 3.46. The quantitative estimate of drug-likeness (QED) is 0.151. The van der Waals surface area contributed by atoms with E-state index in [0.717, 1.165) is 17.0 Å². The van der Waals surface area contributed by atoms with Gasteiger partial charge in [-0.15, -0.1) is 0 Å². The lowest BCUT2D eigenvalue weighted by Gasteiger charge is -2.32. The second-order valence-electron chi connectivity index (χ2n) is 9.80. The number of thioether (sulfide) groups is 1. The van der Waals surface area contributed by atoms with E-state index in [4.69, 9.17) is 18.9 Å². The molecule has 10 nitrogen and oxygen atoms in total. The van der Waals surface area contributed by atoms with Crippen molar-refractivity contribution in [1.82, 2.24) is 14.9 Å². The zero-order valence-electron chi connectivity index (χ0n) is 25.6. The molecule has 0 radical (unpaired) electrons. The second kappa shape index (κ2) is 15.1. The van der Waals surface area contributed by atoms with Crippen molar-refractivity contribution >= 4 is 29.3 Å². The monoisotopic (exact) mass is 616 g/mol. The average molecular weight is 617 g/mol. The van der Waals surface area contributed by atoms with Crippen molar-refractivity contribution < 1.29 is 28.5 Å². The fourth-order valence-corrected chi connectivity index (χ4v) is 5.51. The van der Waals surface area contributed by atoms with Crippen LogP contribution in [0.15, 0.2) is 78.0 Å². The molecule has 0 fully saturated rings. The molecule has 0 spiro atoms. The summed E-state index contributed by atoms with van der Waals surface area (Å²) in [4.78, 5) is 38.9. The second-order valence-corrected chi connectivity index (χ2v) is 10.7. The van der Waals surface area contributed by atoms with Gasteiger partial charge in [0.25, 0.3) is 5.91 Å². The van der Waals surface area contributed by atoms with Crippen LogP contribution in [0.1, 0.15) is 28.6 Å². The van der Waals surface area contributed by atoms with Crippen molar-refractivity contribution in [3.8, 4) is 23.0 Å². The summed E-state index contributed by atoms with van der Waals surface area (Å²) in [6.07, 6.45) is 0. The lowest BCUT2D eigenvalue weighted by atomic mass is 10.0. The maximum atomic E-state index is 14.3. The highest BCUT2D eigenvalue weighted by atomic mass is 32.2. The summed E-state index contributed by atoms with van der Waals surface area (Å²) in [7, 11) is 6.11. The van der Waals surface area contributed by atoms with Gasteiger partial charge in [-0.05, 0) is 55.3 Å². The van der Waals surface area contributed by atoms with Gasteiger partial charge in [-0.1, -0.05) is 48.2 Å². The van der Waals surface area contributed by atoms with Gasteiger partial charge in [0, 0.05) is 24.0 Å². The minimum absolute atomic E-state index is 0.0126. The molecule has 1 N–H and O–H groups in total. The first-order valence-corrected chi connectivity index (χ1v) is 14.8. The summed E-state index contributed by atoms with van der Waals surface area (Å²) in [6, 6.07) is 20.6. The molecule has 3 aromatic carbocycles. The summed E-state index contributed by atoms with van der Waals surface area (Å²) in [6.45, 7) is 3.93. The highest BCUT2D eigenvalue weighted by molar-refractivity contribution is 7.99. The van der Waals surface area contributed by atoms with Gasteiger partial charge >= 0.3 is 0 Å². The number of anilines is 1. The van der Waals surface area contributed by atoms with E-state index in [1.54, 1.807) is 48.4 Å². The van der Waals surface area contributed by atoms with Crippen LogP contribution in [0.5, 0.6) is 23.0 Å². The number of carbonyl (C=O) groups is 2. The van der Waals surface area contributed by atoms with E-state index in [1.165, 1.54) is 33.1 Å². The summed E-state index contributed by atoms with van der Waals surface area (Å²) in [5.41, 5.74) is 3.43. The first-order chi connectivity index (χ1) is 21.3. The summed E-state index contributed by atoms with van der Waals surface area (Å²) < 4.78 is 21.8. The molecule has 4 rings (SSSR count). The third-order valence-corrected chi connectivity index (χ3v) is 7.58. The van der Waals surface area contributed by atoms with Crippen molar-refractivity contribution in [3.05, 3.63) is 95.3 Å². The fraction of sp³-hybridized carbons (Fsp3) is 0.273. The standard InChI is InChI=1S/C33H36N4O6S/c1-21-16-22(2)35-33(34-21)44-20-30(38)37(19-23-10-8-7-9-11-23)31(24-12-15-27(41-4)29(17-24)43-6)32(39)36-26-14-13-25(40-3)18-28(26)42-5/h7-18,31H,19-20H2,1-6H3,(H,36,39). The van der Waals surface area contributed by atoms with Crippen LogP contribution in [0.2, 0.25) is 0 Å².